The minimum atomic E-state index is -3.83. The van der Waals surface area contributed by atoms with Gasteiger partial charge in [-0.25, -0.2) is 23.2 Å². The van der Waals surface area contributed by atoms with Gasteiger partial charge in [-0.05, 0) is 61.0 Å². The van der Waals surface area contributed by atoms with Crippen LogP contribution in [0.15, 0.2) is 125 Å². The molecular formula is C32H29N5O4S. The Labute approximate surface area is 244 Å². The number of benzene rings is 4. The Morgan fingerprint density at radius 2 is 1.57 bits per heavy atom. The van der Waals surface area contributed by atoms with E-state index in [0.29, 0.717) is 17.9 Å². The Bertz CT molecular complexity index is 1770. The number of aromatic nitrogens is 2. The van der Waals surface area contributed by atoms with E-state index in [4.69, 9.17) is 9.84 Å². The molecule has 5 rings (SSSR count). The summed E-state index contributed by atoms with van der Waals surface area (Å²) in [5.74, 6) is 0.111. The lowest BCUT2D eigenvalue weighted by Gasteiger charge is -2.07. The fraction of sp³-hybridized carbons (Fsp3) is 0.0938. The monoisotopic (exact) mass is 579 g/mol. The van der Waals surface area contributed by atoms with Crippen LogP contribution in [0.3, 0.4) is 0 Å². The van der Waals surface area contributed by atoms with Crippen LogP contribution in [0.1, 0.15) is 16.7 Å². The highest BCUT2D eigenvalue weighted by atomic mass is 32.2. The molecule has 10 heteroatoms. The van der Waals surface area contributed by atoms with Gasteiger partial charge in [-0.3, -0.25) is 4.79 Å². The van der Waals surface area contributed by atoms with Gasteiger partial charge in [-0.15, -0.1) is 0 Å². The van der Waals surface area contributed by atoms with Crippen LogP contribution in [0.5, 0.6) is 5.75 Å². The molecule has 0 fully saturated rings. The van der Waals surface area contributed by atoms with E-state index in [1.165, 1.54) is 18.3 Å². The van der Waals surface area contributed by atoms with Crippen molar-refractivity contribution in [3.05, 3.63) is 132 Å². The van der Waals surface area contributed by atoms with Gasteiger partial charge in [0.2, 0.25) is 10.0 Å². The molecule has 1 aromatic heterocycles. The number of sulfonamides is 1. The van der Waals surface area contributed by atoms with Gasteiger partial charge >= 0.3 is 0 Å². The SMILES string of the molecule is Cc1ccc(S(=O)(=O)NCC(=O)N/N=C/c2cn(-c3ccccc3)nc2-c2ccc(OCc3ccccc3)cc2)cc1. The number of nitrogens with one attached hydrogen (secondary N) is 2. The Hall–Kier alpha value is -5.06. The fourth-order valence-corrected chi connectivity index (χ4v) is 5.03. The van der Waals surface area contributed by atoms with Crippen molar-refractivity contribution in [1.82, 2.24) is 19.9 Å². The molecule has 0 radical (unpaired) electrons. The molecule has 0 aliphatic carbocycles. The standard InChI is InChI=1S/C32H29N5O4S/c1-24-12-18-30(19-13-24)42(39,40)34-21-31(38)35-33-20-27-22-37(28-10-6-3-7-11-28)36-32(27)26-14-16-29(17-15-26)41-23-25-8-4-2-5-9-25/h2-20,22,34H,21,23H2,1H3,(H,35,38)/b33-20+. The molecular weight excluding hydrogens is 550 g/mol. The van der Waals surface area contributed by atoms with E-state index in [0.717, 1.165) is 28.1 Å². The predicted molar refractivity (Wildman–Crippen MR) is 162 cm³/mol. The maximum Gasteiger partial charge on any atom is 0.255 e. The topological polar surface area (TPSA) is 115 Å². The first-order valence-corrected chi connectivity index (χ1v) is 14.7. The number of rotatable bonds is 11. The number of ether oxygens (including phenoxy) is 1. The number of amides is 1. The Morgan fingerprint density at radius 3 is 2.26 bits per heavy atom. The van der Waals surface area contributed by atoms with Crippen LogP contribution in [0.4, 0.5) is 0 Å². The summed E-state index contributed by atoms with van der Waals surface area (Å²) in [6.45, 7) is 1.86. The lowest BCUT2D eigenvalue weighted by molar-refractivity contribution is -0.119. The highest BCUT2D eigenvalue weighted by molar-refractivity contribution is 7.89. The van der Waals surface area contributed by atoms with E-state index in [1.54, 1.807) is 23.0 Å². The average molecular weight is 580 g/mol. The van der Waals surface area contributed by atoms with Gasteiger partial charge in [0, 0.05) is 17.3 Å². The number of nitrogens with zero attached hydrogens (tertiary/aromatic N) is 3. The van der Waals surface area contributed by atoms with Gasteiger partial charge in [0.15, 0.2) is 0 Å². The van der Waals surface area contributed by atoms with E-state index in [1.807, 2.05) is 91.9 Å². The molecule has 0 saturated heterocycles. The maximum absolute atomic E-state index is 12.5. The number of carbonyl (C=O) groups is 1. The fourth-order valence-electron chi connectivity index (χ4n) is 4.04. The zero-order valence-electron chi connectivity index (χ0n) is 22.8. The van der Waals surface area contributed by atoms with Crippen LogP contribution < -0.4 is 14.9 Å². The average Bonchev–Trinajstić information content (AvgIpc) is 3.45. The van der Waals surface area contributed by atoms with Crippen molar-refractivity contribution in [1.29, 1.82) is 0 Å². The van der Waals surface area contributed by atoms with E-state index < -0.39 is 22.5 Å². The van der Waals surface area contributed by atoms with Crippen LogP contribution in [0.2, 0.25) is 0 Å². The Balaban J connectivity index is 1.28. The number of hydrazone groups is 1. The third-order valence-electron chi connectivity index (χ3n) is 6.29. The van der Waals surface area contributed by atoms with E-state index in [-0.39, 0.29) is 4.90 Å². The van der Waals surface area contributed by atoms with Crippen LogP contribution in [0.25, 0.3) is 16.9 Å². The molecule has 42 heavy (non-hydrogen) atoms. The van der Waals surface area contributed by atoms with E-state index in [2.05, 4.69) is 15.2 Å². The van der Waals surface area contributed by atoms with Crippen molar-refractivity contribution >= 4 is 22.1 Å². The second kappa shape index (κ2) is 13.1. The summed E-state index contributed by atoms with van der Waals surface area (Å²) in [4.78, 5) is 12.4. The number of hydrogen-bond donors (Lipinski definition) is 2. The number of para-hydroxylation sites is 1. The zero-order valence-corrected chi connectivity index (χ0v) is 23.7. The molecule has 0 bridgehead atoms. The van der Waals surface area contributed by atoms with Crippen LogP contribution >= 0.6 is 0 Å². The molecule has 0 aliphatic rings. The third kappa shape index (κ3) is 7.36. The molecule has 0 atom stereocenters. The number of hydrogen-bond acceptors (Lipinski definition) is 6. The Morgan fingerprint density at radius 1 is 0.905 bits per heavy atom. The third-order valence-corrected chi connectivity index (χ3v) is 7.70. The molecule has 5 aromatic rings. The van der Waals surface area contributed by atoms with E-state index in [9.17, 15) is 13.2 Å². The first-order chi connectivity index (χ1) is 20.4. The highest BCUT2D eigenvalue weighted by Crippen LogP contribution is 2.25. The molecule has 0 spiro atoms. The van der Waals surface area contributed by atoms with Gasteiger partial charge in [-0.2, -0.15) is 10.2 Å². The van der Waals surface area contributed by atoms with Gasteiger partial charge in [0.25, 0.3) is 5.91 Å². The van der Waals surface area contributed by atoms with E-state index >= 15 is 0 Å². The van der Waals surface area contributed by atoms with Crippen molar-refractivity contribution in [3.8, 4) is 22.7 Å². The zero-order chi connectivity index (χ0) is 29.4. The van der Waals surface area contributed by atoms with Crippen molar-refractivity contribution < 1.29 is 17.9 Å². The summed E-state index contributed by atoms with van der Waals surface area (Å²) in [5.41, 5.74) is 7.37. The summed E-state index contributed by atoms with van der Waals surface area (Å²) >= 11 is 0. The Kier molecular flexibility index (Phi) is 8.86. The number of carbonyl (C=O) groups excluding carboxylic acids is 1. The molecule has 1 heterocycles. The second-order valence-electron chi connectivity index (χ2n) is 9.44. The minimum absolute atomic E-state index is 0.0823. The summed E-state index contributed by atoms with van der Waals surface area (Å²) in [5, 5.41) is 8.82. The van der Waals surface area contributed by atoms with Crippen LogP contribution in [-0.4, -0.2) is 36.9 Å². The normalized spacial score (nSPS) is 11.5. The molecule has 4 aromatic carbocycles. The summed E-state index contributed by atoms with van der Waals surface area (Å²) in [6, 6.07) is 33.5. The van der Waals surface area contributed by atoms with Gasteiger partial charge in [0.05, 0.1) is 23.3 Å². The summed E-state index contributed by atoms with van der Waals surface area (Å²) < 4.78 is 34.9. The van der Waals surface area contributed by atoms with Crippen molar-refractivity contribution in [2.45, 2.75) is 18.4 Å². The molecule has 1 amide bonds. The first kappa shape index (κ1) is 28.5. The smallest absolute Gasteiger partial charge is 0.255 e. The van der Waals surface area contributed by atoms with Crippen LogP contribution in [-0.2, 0) is 21.4 Å². The van der Waals surface area contributed by atoms with Gasteiger partial charge in [0.1, 0.15) is 18.1 Å². The molecule has 2 N–H and O–H groups in total. The van der Waals surface area contributed by atoms with Crippen LogP contribution in [0, 0.1) is 6.92 Å². The van der Waals surface area contributed by atoms with Crippen molar-refractivity contribution in [2.75, 3.05) is 6.54 Å². The molecule has 0 aliphatic heterocycles. The predicted octanol–water partition coefficient (Wildman–Crippen LogP) is 4.86. The first-order valence-electron chi connectivity index (χ1n) is 13.2. The largest absolute Gasteiger partial charge is 0.489 e. The van der Waals surface area contributed by atoms with Crippen molar-refractivity contribution in [2.24, 2.45) is 5.10 Å². The minimum Gasteiger partial charge on any atom is -0.489 e. The molecule has 0 saturated carbocycles. The quantitative estimate of drug-likeness (QED) is 0.171. The van der Waals surface area contributed by atoms with Gasteiger partial charge < -0.3 is 4.74 Å². The second-order valence-corrected chi connectivity index (χ2v) is 11.2. The molecule has 0 unspecified atom stereocenters. The van der Waals surface area contributed by atoms with Gasteiger partial charge in [-0.1, -0.05) is 66.2 Å². The summed E-state index contributed by atoms with van der Waals surface area (Å²) in [6.07, 6.45) is 3.29. The summed E-state index contributed by atoms with van der Waals surface area (Å²) in [7, 11) is -3.83. The van der Waals surface area contributed by atoms with Crippen molar-refractivity contribution in [3.63, 3.8) is 0 Å². The maximum atomic E-state index is 12.5. The molecule has 212 valence electrons. The highest BCUT2D eigenvalue weighted by Gasteiger charge is 2.15. The number of aryl methyl sites for hydroxylation is 1. The molecule has 9 nitrogen and oxygen atoms in total. The lowest BCUT2D eigenvalue weighted by atomic mass is 10.1. The lowest BCUT2D eigenvalue weighted by Crippen LogP contribution is -2.34.